The van der Waals surface area contributed by atoms with Gasteiger partial charge in [0.15, 0.2) is 0 Å². The monoisotopic (exact) mass is 256 g/mol. The number of thiol groups is 1. The van der Waals surface area contributed by atoms with Crippen LogP contribution in [0.25, 0.3) is 0 Å². The fraction of sp³-hybridized carbons (Fsp3) is 0.800. The van der Waals surface area contributed by atoms with Crippen molar-refractivity contribution in [1.82, 2.24) is 0 Å². The Hall–Kier alpha value is 0.520. The summed E-state index contributed by atoms with van der Waals surface area (Å²) in [6.45, 7) is 3.32. The summed E-state index contributed by atoms with van der Waals surface area (Å²) in [5.41, 5.74) is 5.22. The van der Waals surface area contributed by atoms with Crippen molar-refractivity contribution < 1.29 is 32.3 Å². The van der Waals surface area contributed by atoms with E-state index in [1.54, 1.807) is 13.8 Å². The molecule has 1 unspecified atom stereocenters. The molecule has 0 saturated carbocycles. The van der Waals surface area contributed by atoms with Gasteiger partial charge in [0, 0.05) is 27.1 Å². The molecule has 3 N–H and O–H groups in total. The van der Waals surface area contributed by atoms with Crippen molar-refractivity contribution in [3.05, 3.63) is 0 Å². The van der Waals surface area contributed by atoms with Crippen molar-refractivity contribution in [3.8, 4) is 0 Å². The molecular formula is C5H11AgNO2S. The molecule has 0 fully saturated rings. The molecule has 0 aliphatic heterocycles. The van der Waals surface area contributed by atoms with Gasteiger partial charge in [-0.15, -0.1) is 0 Å². The summed E-state index contributed by atoms with van der Waals surface area (Å²) in [4.78, 5) is 10.2. The standard InChI is InChI=1S/C5H11NO2S.Ag/c1-5(2,9)3(6)4(7)8;/h3,9H,6H2,1-2H3,(H,7,8);. The first-order valence-corrected chi connectivity index (χ1v) is 3.01. The van der Waals surface area contributed by atoms with Crippen LogP contribution in [0.3, 0.4) is 0 Å². The SMILES string of the molecule is CC(C)(S)C(N)C(=O)O.[Ag]. The summed E-state index contributed by atoms with van der Waals surface area (Å²) in [6.07, 6.45) is 0. The van der Waals surface area contributed by atoms with Crippen LogP contribution in [0.1, 0.15) is 13.8 Å². The predicted octanol–water partition coefficient (Wildman–Crippen LogP) is 0.104. The summed E-state index contributed by atoms with van der Waals surface area (Å²) in [5, 5.41) is 8.34. The zero-order chi connectivity index (χ0) is 7.65. The van der Waals surface area contributed by atoms with Crippen molar-refractivity contribution in [2.24, 2.45) is 5.73 Å². The zero-order valence-electron chi connectivity index (χ0n) is 5.76. The van der Waals surface area contributed by atoms with E-state index < -0.39 is 16.8 Å². The van der Waals surface area contributed by atoms with Crippen LogP contribution in [0.4, 0.5) is 0 Å². The number of nitrogens with two attached hydrogens (primary N) is 1. The second-order valence-corrected chi connectivity index (χ2v) is 3.62. The Balaban J connectivity index is 0. The van der Waals surface area contributed by atoms with Crippen LogP contribution in [-0.2, 0) is 27.2 Å². The van der Waals surface area contributed by atoms with Gasteiger partial charge in [0.05, 0.1) is 0 Å². The Morgan fingerprint density at radius 2 is 2.00 bits per heavy atom. The maximum absolute atomic E-state index is 10.2. The topological polar surface area (TPSA) is 63.3 Å². The van der Waals surface area contributed by atoms with Gasteiger partial charge in [0.1, 0.15) is 6.04 Å². The molecule has 1 radical (unpaired) electrons. The summed E-state index contributed by atoms with van der Waals surface area (Å²) < 4.78 is -0.647. The first-order valence-electron chi connectivity index (χ1n) is 2.56. The third kappa shape index (κ3) is 4.35. The molecule has 0 aromatic rings. The Morgan fingerprint density at radius 1 is 1.70 bits per heavy atom. The van der Waals surface area contributed by atoms with Crippen LogP contribution >= 0.6 is 12.6 Å². The Labute approximate surface area is 81.3 Å². The van der Waals surface area contributed by atoms with Crippen molar-refractivity contribution in [2.45, 2.75) is 24.6 Å². The van der Waals surface area contributed by atoms with Crippen LogP contribution in [0.2, 0.25) is 0 Å². The Morgan fingerprint density at radius 3 is 2.00 bits per heavy atom. The van der Waals surface area contributed by atoms with Crippen molar-refractivity contribution in [1.29, 1.82) is 0 Å². The van der Waals surface area contributed by atoms with Crippen molar-refractivity contribution in [3.63, 3.8) is 0 Å². The number of carbonyl (C=O) groups is 1. The van der Waals surface area contributed by atoms with Gasteiger partial charge in [-0.05, 0) is 13.8 Å². The maximum atomic E-state index is 10.2. The molecule has 5 heteroatoms. The van der Waals surface area contributed by atoms with E-state index in [9.17, 15) is 4.79 Å². The van der Waals surface area contributed by atoms with E-state index in [0.29, 0.717) is 0 Å². The number of carboxylic acids is 1. The number of hydrogen-bond acceptors (Lipinski definition) is 3. The van der Waals surface area contributed by atoms with Crippen LogP contribution in [0.5, 0.6) is 0 Å². The Bertz CT molecular complexity index is 123. The minimum Gasteiger partial charge on any atom is -0.480 e. The molecule has 0 bridgehead atoms. The van der Waals surface area contributed by atoms with Gasteiger partial charge < -0.3 is 10.8 Å². The number of carboxylic acid groups (broad SMARTS) is 1. The van der Waals surface area contributed by atoms with Crippen LogP contribution in [0, 0.1) is 0 Å². The molecule has 0 spiro atoms. The minimum absolute atomic E-state index is 0. The van der Waals surface area contributed by atoms with Gasteiger partial charge >= 0.3 is 5.97 Å². The summed E-state index contributed by atoms with van der Waals surface area (Å²) >= 11 is 3.98. The maximum Gasteiger partial charge on any atom is 0.321 e. The van der Waals surface area contributed by atoms with Gasteiger partial charge in [0.25, 0.3) is 0 Å². The Kier molecular flexibility index (Phi) is 5.79. The fourth-order valence-corrected chi connectivity index (χ4v) is 0.413. The minimum atomic E-state index is -1.02. The first-order chi connectivity index (χ1) is 3.85. The molecule has 3 nitrogen and oxygen atoms in total. The van der Waals surface area contributed by atoms with E-state index in [1.807, 2.05) is 0 Å². The molecule has 0 aromatic carbocycles. The molecule has 0 aromatic heterocycles. The molecule has 0 heterocycles. The van der Waals surface area contributed by atoms with Crippen molar-refractivity contribution >= 4 is 18.6 Å². The molecular weight excluding hydrogens is 246 g/mol. The summed E-state index contributed by atoms with van der Waals surface area (Å²) in [6, 6.07) is -0.902. The molecule has 10 heavy (non-hydrogen) atoms. The second kappa shape index (κ2) is 4.41. The first kappa shape index (κ1) is 13.1. The van der Waals surface area contributed by atoms with E-state index in [1.165, 1.54) is 0 Å². The fourth-order valence-electron chi connectivity index (χ4n) is 0.302. The number of rotatable bonds is 2. The third-order valence-electron chi connectivity index (χ3n) is 1.03. The predicted molar refractivity (Wildman–Crippen MR) is 38.7 cm³/mol. The molecule has 0 aliphatic rings. The molecule has 65 valence electrons. The number of hydrogen-bond donors (Lipinski definition) is 3. The summed E-state index contributed by atoms with van der Waals surface area (Å²) in [7, 11) is 0. The van der Waals surface area contributed by atoms with Gasteiger partial charge in [-0.3, -0.25) is 4.79 Å². The van der Waals surface area contributed by atoms with Gasteiger partial charge in [-0.2, -0.15) is 12.6 Å². The average Bonchev–Trinajstić information content (AvgIpc) is 1.62. The largest absolute Gasteiger partial charge is 0.480 e. The number of aliphatic carboxylic acids is 1. The third-order valence-corrected chi connectivity index (χ3v) is 1.31. The van der Waals surface area contributed by atoms with Gasteiger partial charge in [0.2, 0.25) is 0 Å². The van der Waals surface area contributed by atoms with E-state index in [4.69, 9.17) is 10.8 Å². The quantitative estimate of drug-likeness (QED) is 0.486. The summed E-state index contributed by atoms with van der Waals surface area (Å²) in [5.74, 6) is -1.02. The van der Waals surface area contributed by atoms with Crippen LogP contribution in [-0.4, -0.2) is 21.9 Å². The zero-order valence-corrected chi connectivity index (χ0v) is 8.14. The van der Waals surface area contributed by atoms with Gasteiger partial charge in [-0.1, -0.05) is 0 Å². The molecule has 0 amide bonds. The van der Waals surface area contributed by atoms with E-state index in [-0.39, 0.29) is 22.4 Å². The van der Waals surface area contributed by atoms with Crippen LogP contribution in [0.15, 0.2) is 0 Å². The van der Waals surface area contributed by atoms with E-state index in [0.717, 1.165) is 0 Å². The normalized spacial score (nSPS) is 13.6. The molecule has 0 saturated heterocycles. The van der Waals surface area contributed by atoms with E-state index >= 15 is 0 Å². The smallest absolute Gasteiger partial charge is 0.321 e. The second-order valence-electron chi connectivity index (χ2n) is 2.47. The van der Waals surface area contributed by atoms with E-state index in [2.05, 4.69) is 12.6 Å². The average molecular weight is 257 g/mol. The van der Waals surface area contributed by atoms with Crippen LogP contribution < -0.4 is 5.73 Å². The molecule has 0 aliphatic carbocycles. The van der Waals surface area contributed by atoms with Gasteiger partial charge in [-0.25, -0.2) is 0 Å². The molecule has 1 atom stereocenters. The molecule has 0 rings (SSSR count). The van der Waals surface area contributed by atoms with Crippen molar-refractivity contribution in [2.75, 3.05) is 0 Å².